The molecule has 2 N–H and O–H groups in total. The first-order valence-corrected chi connectivity index (χ1v) is 6.39. The maximum atomic E-state index is 9.74. The van der Waals surface area contributed by atoms with Crippen molar-refractivity contribution in [1.29, 1.82) is 0 Å². The predicted molar refractivity (Wildman–Crippen MR) is 76.7 cm³/mol. The standard InChI is InChI=1S/C15H16ClNO2/c1-19-15-8-3-2-5-11(15)9-17-10-12-13(16)6-4-7-14(12)18/h2-8,17-18H,9-10H2,1H3. The summed E-state index contributed by atoms with van der Waals surface area (Å²) in [6, 6.07) is 12.9. The summed E-state index contributed by atoms with van der Waals surface area (Å²) in [4.78, 5) is 0. The van der Waals surface area contributed by atoms with Crippen molar-refractivity contribution in [3.63, 3.8) is 0 Å². The van der Waals surface area contributed by atoms with Crippen LogP contribution in [-0.2, 0) is 13.1 Å². The van der Waals surface area contributed by atoms with Gasteiger partial charge in [0.05, 0.1) is 7.11 Å². The van der Waals surface area contributed by atoms with Gasteiger partial charge in [0.25, 0.3) is 0 Å². The van der Waals surface area contributed by atoms with Crippen LogP contribution in [0.25, 0.3) is 0 Å². The zero-order chi connectivity index (χ0) is 13.7. The van der Waals surface area contributed by atoms with Gasteiger partial charge >= 0.3 is 0 Å². The van der Waals surface area contributed by atoms with E-state index in [1.807, 2.05) is 24.3 Å². The lowest BCUT2D eigenvalue weighted by Crippen LogP contribution is -2.13. The Hall–Kier alpha value is -1.71. The number of benzene rings is 2. The highest BCUT2D eigenvalue weighted by atomic mass is 35.5. The Morgan fingerprint density at radius 3 is 2.63 bits per heavy atom. The molecule has 0 radical (unpaired) electrons. The van der Waals surface area contributed by atoms with Crippen molar-refractivity contribution in [2.45, 2.75) is 13.1 Å². The van der Waals surface area contributed by atoms with Gasteiger partial charge in [0.1, 0.15) is 11.5 Å². The highest BCUT2D eigenvalue weighted by Crippen LogP contribution is 2.25. The van der Waals surface area contributed by atoms with Crippen LogP contribution in [0.5, 0.6) is 11.5 Å². The molecular formula is C15H16ClNO2. The molecule has 19 heavy (non-hydrogen) atoms. The van der Waals surface area contributed by atoms with Gasteiger partial charge in [0.15, 0.2) is 0 Å². The summed E-state index contributed by atoms with van der Waals surface area (Å²) in [6.45, 7) is 1.15. The first-order chi connectivity index (χ1) is 9.22. The van der Waals surface area contributed by atoms with E-state index in [0.717, 1.165) is 11.3 Å². The van der Waals surface area contributed by atoms with Gasteiger partial charge in [-0.15, -0.1) is 0 Å². The molecule has 0 saturated carbocycles. The van der Waals surface area contributed by atoms with Gasteiger partial charge in [0.2, 0.25) is 0 Å². The van der Waals surface area contributed by atoms with E-state index in [0.29, 0.717) is 23.7 Å². The Kier molecular flexibility index (Phi) is 4.66. The fourth-order valence-electron chi connectivity index (χ4n) is 1.89. The summed E-state index contributed by atoms with van der Waals surface area (Å²) in [5.41, 5.74) is 1.77. The average molecular weight is 278 g/mol. The highest BCUT2D eigenvalue weighted by molar-refractivity contribution is 6.31. The number of hydrogen-bond donors (Lipinski definition) is 2. The van der Waals surface area contributed by atoms with Crippen molar-refractivity contribution in [2.24, 2.45) is 0 Å². The largest absolute Gasteiger partial charge is 0.508 e. The number of hydrogen-bond acceptors (Lipinski definition) is 3. The van der Waals surface area contributed by atoms with E-state index >= 15 is 0 Å². The summed E-state index contributed by atoms with van der Waals surface area (Å²) in [6.07, 6.45) is 0. The zero-order valence-corrected chi connectivity index (χ0v) is 11.4. The lowest BCUT2D eigenvalue weighted by Gasteiger charge is -2.11. The Morgan fingerprint density at radius 2 is 1.89 bits per heavy atom. The summed E-state index contributed by atoms with van der Waals surface area (Å²) >= 11 is 6.05. The van der Waals surface area contributed by atoms with Crippen LogP contribution in [0.3, 0.4) is 0 Å². The smallest absolute Gasteiger partial charge is 0.123 e. The lowest BCUT2D eigenvalue weighted by atomic mass is 10.1. The summed E-state index contributed by atoms with van der Waals surface area (Å²) in [5.74, 6) is 1.05. The van der Waals surface area contributed by atoms with Gasteiger partial charge in [-0.25, -0.2) is 0 Å². The van der Waals surface area contributed by atoms with Gasteiger partial charge in [0, 0.05) is 29.2 Å². The number of phenolic OH excluding ortho intramolecular Hbond substituents is 1. The molecule has 2 rings (SSSR count). The van der Waals surface area contributed by atoms with Gasteiger partial charge in [-0.2, -0.15) is 0 Å². The molecule has 2 aromatic rings. The number of aromatic hydroxyl groups is 1. The average Bonchev–Trinajstić information content (AvgIpc) is 2.42. The fraction of sp³-hybridized carbons (Fsp3) is 0.200. The number of para-hydroxylation sites is 1. The second-order valence-electron chi connectivity index (χ2n) is 4.15. The maximum absolute atomic E-state index is 9.74. The van der Waals surface area contributed by atoms with Gasteiger partial charge in [-0.3, -0.25) is 0 Å². The molecule has 0 atom stereocenters. The van der Waals surface area contributed by atoms with Crippen LogP contribution < -0.4 is 10.1 Å². The third-order valence-corrected chi connectivity index (χ3v) is 3.26. The molecule has 0 amide bonds. The van der Waals surface area contributed by atoms with Crippen molar-refractivity contribution >= 4 is 11.6 Å². The number of halogens is 1. The Labute approximate surface area is 117 Å². The molecule has 0 heterocycles. The lowest BCUT2D eigenvalue weighted by molar-refractivity contribution is 0.407. The van der Waals surface area contributed by atoms with E-state index in [4.69, 9.17) is 16.3 Å². The van der Waals surface area contributed by atoms with E-state index in [-0.39, 0.29) is 5.75 Å². The third-order valence-electron chi connectivity index (χ3n) is 2.90. The van der Waals surface area contributed by atoms with E-state index in [1.54, 1.807) is 25.3 Å². The zero-order valence-electron chi connectivity index (χ0n) is 10.7. The molecule has 0 aliphatic heterocycles. The van der Waals surface area contributed by atoms with Crippen LogP contribution in [0.15, 0.2) is 42.5 Å². The summed E-state index contributed by atoms with van der Waals surface area (Å²) < 4.78 is 5.28. The normalized spacial score (nSPS) is 10.4. The first-order valence-electron chi connectivity index (χ1n) is 6.01. The predicted octanol–water partition coefficient (Wildman–Crippen LogP) is 3.34. The monoisotopic (exact) mass is 277 g/mol. The van der Waals surface area contributed by atoms with E-state index in [2.05, 4.69) is 5.32 Å². The van der Waals surface area contributed by atoms with Crippen molar-refractivity contribution in [3.8, 4) is 11.5 Å². The molecule has 3 nitrogen and oxygen atoms in total. The van der Waals surface area contributed by atoms with Crippen LogP contribution in [0.4, 0.5) is 0 Å². The molecule has 0 bridgehead atoms. The SMILES string of the molecule is COc1ccccc1CNCc1c(O)cccc1Cl. The molecule has 2 aromatic carbocycles. The van der Waals surface area contributed by atoms with Crippen molar-refractivity contribution in [1.82, 2.24) is 5.32 Å². The molecule has 100 valence electrons. The summed E-state index contributed by atoms with van der Waals surface area (Å²) in [7, 11) is 1.65. The Bertz CT molecular complexity index is 537. The van der Waals surface area contributed by atoms with Crippen molar-refractivity contribution in [3.05, 3.63) is 58.6 Å². The summed E-state index contributed by atoms with van der Waals surface area (Å²) in [5, 5.41) is 13.6. The number of phenols is 1. The number of nitrogens with one attached hydrogen (secondary N) is 1. The molecule has 0 aliphatic rings. The molecular weight excluding hydrogens is 262 g/mol. The van der Waals surface area contributed by atoms with Crippen LogP contribution >= 0.6 is 11.6 Å². The van der Waals surface area contributed by atoms with Crippen LogP contribution in [0.2, 0.25) is 5.02 Å². The minimum atomic E-state index is 0.208. The second-order valence-corrected chi connectivity index (χ2v) is 4.56. The molecule has 0 unspecified atom stereocenters. The topological polar surface area (TPSA) is 41.5 Å². The second kappa shape index (κ2) is 6.45. The highest BCUT2D eigenvalue weighted by Gasteiger charge is 2.06. The molecule has 0 saturated heterocycles. The number of rotatable bonds is 5. The van der Waals surface area contributed by atoms with E-state index < -0.39 is 0 Å². The molecule has 0 aliphatic carbocycles. The number of methoxy groups -OCH3 is 1. The Balaban J connectivity index is 2.00. The first kappa shape index (κ1) is 13.7. The maximum Gasteiger partial charge on any atom is 0.123 e. The molecule has 0 spiro atoms. The quantitative estimate of drug-likeness (QED) is 0.881. The van der Waals surface area contributed by atoms with Crippen LogP contribution in [0.1, 0.15) is 11.1 Å². The molecule has 0 fully saturated rings. The van der Waals surface area contributed by atoms with Crippen LogP contribution in [-0.4, -0.2) is 12.2 Å². The van der Waals surface area contributed by atoms with Gasteiger partial charge < -0.3 is 15.2 Å². The molecule has 0 aromatic heterocycles. The molecule has 4 heteroatoms. The fourth-order valence-corrected chi connectivity index (χ4v) is 2.13. The number of ether oxygens (including phenoxy) is 1. The van der Waals surface area contributed by atoms with Crippen LogP contribution in [0, 0.1) is 0 Å². The Morgan fingerprint density at radius 1 is 1.11 bits per heavy atom. The van der Waals surface area contributed by atoms with E-state index in [1.165, 1.54) is 0 Å². The van der Waals surface area contributed by atoms with Crippen molar-refractivity contribution < 1.29 is 9.84 Å². The minimum Gasteiger partial charge on any atom is -0.508 e. The van der Waals surface area contributed by atoms with Gasteiger partial charge in [-0.1, -0.05) is 35.9 Å². The van der Waals surface area contributed by atoms with Crippen molar-refractivity contribution in [2.75, 3.05) is 7.11 Å². The minimum absolute atomic E-state index is 0.208. The van der Waals surface area contributed by atoms with E-state index in [9.17, 15) is 5.11 Å². The van der Waals surface area contributed by atoms with Gasteiger partial charge in [-0.05, 0) is 18.2 Å². The third kappa shape index (κ3) is 3.40.